The van der Waals surface area contributed by atoms with Crippen molar-refractivity contribution in [2.45, 2.75) is 75.1 Å². The SMILES string of the molecule is CSC1CCC(NC(=O)C2(N)CCCC(C)C2)CC1. The van der Waals surface area contributed by atoms with Crippen LogP contribution in [0, 0.1) is 5.92 Å². The van der Waals surface area contributed by atoms with Crippen molar-refractivity contribution in [3.05, 3.63) is 0 Å². The number of thioether (sulfide) groups is 1. The van der Waals surface area contributed by atoms with Crippen LogP contribution < -0.4 is 11.1 Å². The molecule has 2 fully saturated rings. The Labute approximate surface area is 121 Å². The van der Waals surface area contributed by atoms with Crippen LogP contribution in [0.15, 0.2) is 0 Å². The lowest BCUT2D eigenvalue weighted by Crippen LogP contribution is -2.58. The van der Waals surface area contributed by atoms with Crippen molar-refractivity contribution in [2.75, 3.05) is 6.26 Å². The van der Waals surface area contributed by atoms with Gasteiger partial charge in [-0.1, -0.05) is 19.8 Å². The van der Waals surface area contributed by atoms with Crippen molar-refractivity contribution in [3.63, 3.8) is 0 Å². The minimum atomic E-state index is -0.603. The summed E-state index contributed by atoms with van der Waals surface area (Å²) in [6.45, 7) is 2.21. The summed E-state index contributed by atoms with van der Waals surface area (Å²) < 4.78 is 0. The number of carbonyl (C=O) groups excluding carboxylic acids is 1. The molecule has 0 heterocycles. The fourth-order valence-electron chi connectivity index (χ4n) is 3.57. The second-order valence-electron chi connectivity index (χ2n) is 6.54. The topological polar surface area (TPSA) is 55.1 Å². The molecule has 0 radical (unpaired) electrons. The van der Waals surface area contributed by atoms with Crippen LogP contribution in [0.3, 0.4) is 0 Å². The molecule has 2 aliphatic rings. The van der Waals surface area contributed by atoms with Gasteiger partial charge in [0.25, 0.3) is 0 Å². The van der Waals surface area contributed by atoms with Crippen LogP contribution in [-0.2, 0) is 4.79 Å². The zero-order chi connectivity index (χ0) is 13.9. The molecular weight excluding hydrogens is 256 g/mol. The summed E-state index contributed by atoms with van der Waals surface area (Å²) >= 11 is 1.96. The molecule has 2 unspecified atom stereocenters. The van der Waals surface area contributed by atoms with Crippen molar-refractivity contribution in [1.82, 2.24) is 5.32 Å². The van der Waals surface area contributed by atoms with Gasteiger partial charge in [0.15, 0.2) is 0 Å². The van der Waals surface area contributed by atoms with Crippen molar-refractivity contribution < 1.29 is 4.79 Å². The summed E-state index contributed by atoms with van der Waals surface area (Å²) in [6.07, 6.45) is 10.9. The van der Waals surface area contributed by atoms with E-state index in [4.69, 9.17) is 5.73 Å². The lowest BCUT2D eigenvalue weighted by Gasteiger charge is -2.37. The van der Waals surface area contributed by atoms with E-state index < -0.39 is 5.54 Å². The Morgan fingerprint density at radius 2 is 1.95 bits per heavy atom. The van der Waals surface area contributed by atoms with E-state index in [1.54, 1.807) is 0 Å². The van der Waals surface area contributed by atoms with E-state index >= 15 is 0 Å². The minimum absolute atomic E-state index is 0.103. The normalized spacial score (nSPS) is 39.8. The highest BCUT2D eigenvalue weighted by Gasteiger charge is 2.38. The molecule has 0 bridgehead atoms. The molecule has 4 heteroatoms. The van der Waals surface area contributed by atoms with E-state index in [0.29, 0.717) is 12.0 Å². The summed E-state index contributed by atoms with van der Waals surface area (Å²) in [6, 6.07) is 0.355. The highest BCUT2D eigenvalue weighted by Crippen LogP contribution is 2.32. The van der Waals surface area contributed by atoms with Crippen LogP contribution in [0.5, 0.6) is 0 Å². The summed E-state index contributed by atoms with van der Waals surface area (Å²) in [5.41, 5.74) is 5.74. The Morgan fingerprint density at radius 1 is 1.26 bits per heavy atom. The number of carbonyl (C=O) groups is 1. The minimum Gasteiger partial charge on any atom is -0.352 e. The smallest absolute Gasteiger partial charge is 0.240 e. The van der Waals surface area contributed by atoms with Crippen LogP contribution in [0.4, 0.5) is 0 Å². The Morgan fingerprint density at radius 3 is 2.53 bits per heavy atom. The number of rotatable bonds is 3. The third-order valence-corrected chi connectivity index (χ3v) is 5.97. The highest BCUT2D eigenvalue weighted by atomic mass is 32.2. The molecular formula is C15H28N2OS. The maximum absolute atomic E-state index is 12.4. The van der Waals surface area contributed by atoms with E-state index in [0.717, 1.165) is 37.4 Å². The molecule has 0 aromatic rings. The van der Waals surface area contributed by atoms with Gasteiger partial charge in [-0.05, 0) is 50.7 Å². The molecule has 110 valence electrons. The van der Waals surface area contributed by atoms with Crippen molar-refractivity contribution in [2.24, 2.45) is 11.7 Å². The Kier molecular flexibility index (Phi) is 5.18. The van der Waals surface area contributed by atoms with Gasteiger partial charge in [0.05, 0.1) is 5.54 Å². The zero-order valence-corrected chi connectivity index (χ0v) is 13.1. The second kappa shape index (κ2) is 6.49. The third-order valence-electron chi connectivity index (χ3n) is 4.83. The average molecular weight is 284 g/mol. The van der Waals surface area contributed by atoms with Crippen molar-refractivity contribution in [3.8, 4) is 0 Å². The van der Waals surface area contributed by atoms with E-state index in [2.05, 4.69) is 18.5 Å². The van der Waals surface area contributed by atoms with Gasteiger partial charge in [-0.25, -0.2) is 0 Å². The predicted octanol–water partition coefficient (Wildman–Crippen LogP) is 2.68. The van der Waals surface area contributed by atoms with Gasteiger partial charge in [0.1, 0.15) is 0 Å². The number of hydrogen-bond donors (Lipinski definition) is 2. The molecule has 3 N–H and O–H groups in total. The van der Waals surface area contributed by atoms with Gasteiger partial charge in [-0.2, -0.15) is 11.8 Å². The molecule has 1 amide bonds. The lowest BCUT2D eigenvalue weighted by atomic mass is 9.76. The van der Waals surface area contributed by atoms with Gasteiger partial charge in [-0.15, -0.1) is 0 Å². The molecule has 19 heavy (non-hydrogen) atoms. The van der Waals surface area contributed by atoms with E-state index in [-0.39, 0.29) is 5.91 Å². The van der Waals surface area contributed by atoms with Gasteiger partial charge in [0.2, 0.25) is 5.91 Å². The number of amides is 1. The van der Waals surface area contributed by atoms with Crippen LogP contribution in [0.25, 0.3) is 0 Å². The number of hydrogen-bond acceptors (Lipinski definition) is 3. The third kappa shape index (κ3) is 3.88. The predicted molar refractivity (Wildman–Crippen MR) is 82.3 cm³/mol. The first-order valence-electron chi connectivity index (χ1n) is 7.66. The van der Waals surface area contributed by atoms with Crippen LogP contribution in [-0.4, -0.2) is 29.0 Å². The molecule has 0 aliphatic heterocycles. The largest absolute Gasteiger partial charge is 0.352 e. The summed E-state index contributed by atoms with van der Waals surface area (Å²) in [7, 11) is 0. The van der Waals surface area contributed by atoms with Crippen molar-refractivity contribution in [1.29, 1.82) is 0 Å². The fraction of sp³-hybridized carbons (Fsp3) is 0.933. The average Bonchev–Trinajstić information content (AvgIpc) is 2.39. The maximum atomic E-state index is 12.4. The fourth-order valence-corrected chi connectivity index (χ4v) is 4.31. The Hall–Kier alpha value is -0.220. The van der Waals surface area contributed by atoms with Gasteiger partial charge < -0.3 is 11.1 Å². The zero-order valence-electron chi connectivity index (χ0n) is 12.3. The standard InChI is InChI=1S/C15H28N2OS/c1-11-4-3-9-15(16,10-11)14(18)17-12-5-7-13(19-2)8-6-12/h11-13H,3-10,16H2,1-2H3,(H,17,18). The van der Waals surface area contributed by atoms with Crippen LogP contribution >= 0.6 is 11.8 Å². The molecule has 2 rings (SSSR count). The first kappa shape index (κ1) is 15.2. The summed E-state index contributed by atoms with van der Waals surface area (Å²) in [5, 5.41) is 4.01. The quantitative estimate of drug-likeness (QED) is 0.838. The highest BCUT2D eigenvalue weighted by molar-refractivity contribution is 7.99. The first-order chi connectivity index (χ1) is 9.03. The summed E-state index contributed by atoms with van der Waals surface area (Å²) in [5.74, 6) is 0.684. The monoisotopic (exact) mass is 284 g/mol. The van der Waals surface area contributed by atoms with Crippen molar-refractivity contribution >= 4 is 17.7 Å². The molecule has 2 aliphatic carbocycles. The summed E-state index contributed by atoms with van der Waals surface area (Å²) in [4.78, 5) is 12.4. The first-order valence-corrected chi connectivity index (χ1v) is 8.95. The van der Waals surface area contributed by atoms with Crippen LogP contribution in [0.1, 0.15) is 58.3 Å². The van der Waals surface area contributed by atoms with E-state index in [1.165, 1.54) is 19.3 Å². The Bertz CT molecular complexity index is 315. The maximum Gasteiger partial charge on any atom is 0.240 e. The Balaban J connectivity index is 1.83. The van der Waals surface area contributed by atoms with E-state index in [9.17, 15) is 4.79 Å². The van der Waals surface area contributed by atoms with E-state index in [1.807, 2.05) is 11.8 Å². The van der Waals surface area contributed by atoms with Crippen LogP contribution in [0.2, 0.25) is 0 Å². The molecule has 3 nitrogen and oxygen atoms in total. The molecule has 2 atom stereocenters. The van der Waals surface area contributed by atoms with Gasteiger partial charge in [-0.3, -0.25) is 4.79 Å². The molecule has 0 aromatic heterocycles. The molecule has 0 aromatic carbocycles. The second-order valence-corrected chi connectivity index (χ2v) is 7.68. The van der Waals surface area contributed by atoms with Gasteiger partial charge in [0, 0.05) is 11.3 Å². The number of nitrogens with one attached hydrogen (secondary N) is 1. The molecule has 0 spiro atoms. The number of nitrogens with two attached hydrogens (primary N) is 1. The lowest BCUT2D eigenvalue weighted by molar-refractivity contribution is -0.129. The molecule has 2 saturated carbocycles. The van der Waals surface area contributed by atoms with Gasteiger partial charge >= 0.3 is 0 Å². The molecule has 0 saturated heterocycles.